The Morgan fingerprint density at radius 1 is 0.879 bits per heavy atom. The lowest BCUT2D eigenvalue weighted by Gasteiger charge is -2.45. The molecule has 0 radical (unpaired) electrons. The van der Waals surface area contributed by atoms with E-state index in [1.54, 1.807) is 54.3 Å². The second-order valence-electron chi connectivity index (χ2n) is 14.6. The van der Waals surface area contributed by atoms with Gasteiger partial charge in [-0.15, -0.1) is 0 Å². The van der Waals surface area contributed by atoms with E-state index in [0.29, 0.717) is 38.9 Å². The maximum absolute atomic E-state index is 13.0. The average molecular weight is 818 g/mol. The van der Waals surface area contributed by atoms with Gasteiger partial charge in [0.1, 0.15) is 55.1 Å². The number of benzene rings is 2. The number of carbonyl (C=O) groups excluding carboxylic acids is 4. The number of aliphatic hydroxyl groups is 5. The van der Waals surface area contributed by atoms with Crippen LogP contribution in [-0.2, 0) is 38.1 Å². The highest BCUT2D eigenvalue weighted by atomic mass is 16.8. The molecule has 2 aromatic carbocycles. The first-order valence-electron chi connectivity index (χ1n) is 19.6. The molecule has 58 heavy (non-hydrogen) atoms. The van der Waals surface area contributed by atoms with E-state index in [1.165, 1.54) is 26.0 Å². The first kappa shape index (κ1) is 44.9. The van der Waals surface area contributed by atoms with Crippen molar-refractivity contribution in [2.24, 2.45) is 0 Å². The highest BCUT2D eigenvalue weighted by Crippen LogP contribution is 2.31. The third kappa shape index (κ3) is 11.9. The van der Waals surface area contributed by atoms with E-state index < -0.39 is 92.1 Å². The van der Waals surface area contributed by atoms with E-state index in [2.05, 4.69) is 10.6 Å². The summed E-state index contributed by atoms with van der Waals surface area (Å²) in [5.41, 5.74) is 0.960. The van der Waals surface area contributed by atoms with Crippen molar-refractivity contribution in [1.29, 1.82) is 0 Å². The fraction of sp³-hybridized carbons (Fsp3) is 0.600. The number of hydrogen-bond acceptors (Lipinski definition) is 16. The Morgan fingerprint density at radius 2 is 1.60 bits per heavy atom. The van der Waals surface area contributed by atoms with Gasteiger partial charge in [-0.2, -0.15) is 0 Å². The zero-order chi connectivity index (χ0) is 41.9. The number of nitrogens with zero attached hydrogens (tertiary/aromatic N) is 1. The van der Waals surface area contributed by atoms with Gasteiger partial charge >= 0.3 is 11.9 Å². The van der Waals surface area contributed by atoms with E-state index in [-0.39, 0.29) is 36.1 Å². The molecule has 18 heteroatoms. The van der Waals surface area contributed by atoms with Crippen molar-refractivity contribution < 1.29 is 73.1 Å². The summed E-state index contributed by atoms with van der Waals surface area (Å²) in [6.45, 7) is 5.41. The standard InChI is InChI=1S/C40H55N3O15/c1-4-31(46)43-18-8-16-42-30(45)19-28(41-17-15-27(20-43)55-23(3)44)24-11-13-26(14-12-24)56-40-37(35(50)32(47)22(2)54-40)58-39-36(51)34(49)33(48)29(57-39)21-53-38(52)25-9-6-5-7-10-25/h5-7,9-14,22,27-29,32-37,39-41,47-51H,4,8,15-21H2,1-3H3,(H,42,45)/t22-,27+,28-,29+,32-,33+,34-,35+,36+,37+,39-,40-/m0/s1. The summed E-state index contributed by atoms with van der Waals surface area (Å²) in [7, 11) is 0. The quantitative estimate of drug-likeness (QED) is 0.152. The second-order valence-corrected chi connectivity index (χ2v) is 14.6. The number of carbonyl (C=O) groups is 4. The van der Waals surface area contributed by atoms with Crippen LogP contribution < -0.4 is 15.4 Å². The lowest BCUT2D eigenvalue weighted by Crippen LogP contribution is -2.64. The van der Waals surface area contributed by atoms with Crippen LogP contribution in [0.3, 0.4) is 0 Å². The lowest BCUT2D eigenvalue weighted by atomic mass is 9.97. The topological polar surface area (TPSA) is 252 Å². The summed E-state index contributed by atoms with van der Waals surface area (Å²) in [4.78, 5) is 51.7. The van der Waals surface area contributed by atoms with Crippen molar-refractivity contribution in [3.8, 4) is 5.75 Å². The maximum Gasteiger partial charge on any atom is 0.338 e. The van der Waals surface area contributed by atoms with E-state index in [4.69, 9.17) is 28.4 Å². The molecule has 320 valence electrons. The Balaban J connectivity index is 1.27. The Hall–Kier alpha value is -4.24. The fourth-order valence-electron chi connectivity index (χ4n) is 6.98. The summed E-state index contributed by atoms with van der Waals surface area (Å²) in [5.74, 6) is -1.21. The van der Waals surface area contributed by atoms with Gasteiger partial charge in [-0.3, -0.25) is 14.4 Å². The minimum absolute atomic E-state index is 0.0747. The Bertz CT molecular complexity index is 1650. The smallest absolute Gasteiger partial charge is 0.338 e. The van der Waals surface area contributed by atoms with Crippen LogP contribution in [0.5, 0.6) is 5.75 Å². The molecule has 3 aliphatic rings. The summed E-state index contributed by atoms with van der Waals surface area (Å²) in [5, 5.41) is 60.2. The van der Waals surface area contributed by atoms with Crippen LogP contribution in [0, 0.1) is 0 Å². The number of ether oxygens (including phenoxy) is 6. The minimum atomic E-state index is -1.83. The maximum atomic E-state index is 13.0. The van der Waals surface area contributed by atoms with Crippen molar-refractivity contribution in [3.05, 3.63) is 65.7 Å². The van der Waals surface area contributed by atoms with Crippen LogP contribution in [0.15, 0.2) is 54.6 Å². The molecule has 12 atom stereocenters. The molecule has 5 rings (SSSR count). The SMILES string of the molecule is CCC(=O)N1CCCNC(=O)C[C@@H](c2ccc(O[C@@H]3O[C@@H](C)[C@H](O)[C@@H](O)[C@H]3O[C@@H]3O[C@H](COC(=O)c4ccccc4)[C@@H](O)[C@H](O)[C@H]3O)cc2)NCC[C@@H](OC(C)=O)C1. The molecule has 0 bridgehead atoms. The van der Waals surface area contributed by atoms with Gasteiger partial charge < -0.3 is 69.5 Å². The second kappa shape index (κ2) is 21.1. The van der Waals surface area contributed by atoms with Gasteiger partial charge in [0, 0.05) is 38.9 Å². The zero-order valence-corrected chi connectivity index (χ0v) is 32.8. The third-order valence-electron chi connectivity index (χ3n) is 10.3. The van der Waals surface area contributed by atoms with Gasteiger partial charge in [-0.05, 0) is 56.1 Å². The van der Waals surface area contributed by atoms with Crippen LogP contribution in [0.1, 0.15) is 68.4 Å². The number of nitrogens with one attached hydrogen (secondary N) is 2. The monoisotopic (exact) mass is 817 g/mol. The van der Waals surface area contributed by atoms with Gasteiger partial charge in [-0.25, -0.2) is 4.79 Å². The minimum Gasteiger partial charge on any atom is -0.462 e. The van der Waals surface area contributed by atoms with Crippen LogP contribution in [0.2, 0.25) is 0 Å². The molecular formula is C40H55N3O15. The molecule has 0 aliphatic carbocycles. The number of hydrogen-bond donors (Lipinski definition) is 7. The van der Waals surface area contributed by atoms with Gasteiger partial charge in [0.15, 0.2) is 12.4 Å². The van der Waals surface area contributed by atoms with E-state index in [1.807, 2.05) is 0 Å². The number of rotatable bonds is 10. The molecule has 7 N–H and O–H groups in total. The molecule has 0 aromatic heterocycles. The number of esters is 2. The highest BCUT2D eigenvalue weighted by molar-refractivity contribution is 5.89. The molecule has 3 aliphatic heterocycles. The molecule has 3 heterocycles. The number of amides is 2. The molecule has 2 aromatic rings. The van der Waals surface area contributed by atoms with Crippen LogP contribution in [0.25, 0.3) is 0 Å². The molecule has 0 unspecified atom stereocenters. The first-order chi connectivity index (χ1) is 27.7. The van der Waals surface area contributed by atoms with Crippen LogP contribution in [-0.4, -0.2) is 154 Å². The van der Waals surface area contributed by atoms with E-state index in [9.17, 15) is 44.7 Å². The summed E-state index contributed by atoms with van der Waals surface area (Å²) in [6.07, 6.45) is -14.5. The molecule has 18 nitrogen and oxygen atoms in total. The van der Waals surface area contributed by atoms with Crippen molar-refractivity contribution in [2.45, 2.75) is 120 Å². The summed E-state index contributed by atoms with van der Waals surface area (Å²) in [6, 6.07) is 14.3. The molecule has 3 saturated heterocycles. The largest absolute Gasteiger partial charge is 0.462 e. The molecular weight excluding hydrogens is 762 g/mol. The van der Waals surface area contributed by atoms with Gasteiger partial charge in [0.05, 0.1) is 18.2 Å². The Morgan fingerprint density at radius 3 is 2.29 bits per heavy atom. The Labute approximate surface area is 336 Å². The predicted octanol–water partition coefficient (Wildman–Crippen LogP) is -0.317. The first-order valence-corrected chi connectivity index (χ1v) is 19.6. The van der Waals surface area contributed by atoms with Gasteiger partial charge in [0.2, 0.25) is 18.1 Å². The molecule has 2 amide bonds. The van der Waals surface area contributed by atoms with Crippen molar-refractivity contribution in [2.75, 3.05) is 32.8 Å². The van der Waals surface area contributed by atoms with E-state index >= 15 is 0 Å². The van der Waals surface area contributed by atoms with Gasteiger partial charge in [0.25, 0.3) is 0 Å². The summed E-state index contributed by atoms with van der Waals surface area (Å²) < 4.78 is 34.4. The molecule has 0 spiro atoms. The average Bonchev–Trinajstić information content (AvgIpc) is 3.22. The van der Waals surface area contributed by atoms with Crippen LogP contribution >= 0.6 is 0 Å². The third-order valence-corrected chi connectivity index (χ3v) is 10.3. The number of aliphatic hydroxyl groups excluding tert-OH is 5. The normalized spacial score (nSPS) is 32.7. The van der Waals surface area contributed by atoms with Crippen LogP contribution in [0.4, 0.5) is 0 Å². The highest BCUT2D eigenvalue weighted by Gasteiger charge is 2.51. The Kier molecular flexibility index (Phi) is 16.4. The van der Waals surface area contributed by atoms with Gasteiger partial charge in [-0.1, -0.05) is 37.3 Å². The lowest BCUT2D eigenvalue weighted by molar-refractivity contribution is -0.355. The molecule has 3 fully saturated rings. The van der Waals surface area contributed by atoms with Crippen molar-refractivity contribution in [3.63, 3.8) is 0 Å². The predicted molar refractivity (Wildman–Crippen MR) is 202 cm³/mol. The molecule has 0 saturated carbocycles. The van der Waals surface area contributed by atoms with E-state index in [0.717, 1.165) is 5.56 Å². The summed E-state index contributed by atoms with van der Waals surface area (Å²) >= 11 is 0. The van der Waals surface area contributed by atoms with Crippen molar-refractivity contribution >= 4 is 23.8 Å². The zero-order valence-electron chi connectivity index (χ0n) is 32.8. The fourth-order valence-corrected chi connectivity index (χ4v) is 6.98. The van der Waals surface area contributed by atoms with Crippen molar-refractivity contribution in [1.82, 2.24) is 15.5 Å².